The van der Waals surface area contributed by atoms with Gasteiger partial charge in [-0.25, -0.2) is 19.8 Å². The molecular formula is C39H21N9. The number of benzene rings is 3. The summed E-state index contributed by atoms with van der Waals surface area (Å²) in [5.74, 6) is 1.50. The van der Waals surface area contributed by atoms with E-state index in [1.54, 1.807) is 43.0 Å². The van der Waals surface area contributed by atoms with Gasteiger partial charge in [0.25, 0.3) is 0 Å². The van der Waals surface area contributed by atoms with Gasteiger partial charge in [-0.05, 0) is 40.5 Å². The zero-order valence-electron chi connectivity index (χ0n) is 25.1. The Bertz CT molecular complexity index is 2130. The fraction of sp³-hybridized carbons (Fsp3) is 0. The van der Waals surface area contributed by atoms with Gasteiger partial charge in [-0.2, -0.15) is 10.5 Å². The molecule has 0 atom stereocenters. The maximum Gasteiger partial charge on any atom is 0.205 e. The monoisotopic (exact) mass is 615 g/mol. The first kappa shape index (κ1) is 29.3. The summed E-state index contributed by atoms with van der Waals surface area (Å²) in [6.07, 6.45) is 9.79. The zero-order valence-corrected chi connectivity index (χ0v) is 25.1. The van der Waals surface area contributed by atoms with Crippen LogP contribution in [-0.2, 0) is 0 Å². The normalized spacial score (nSPS) is 10.4. The fourth-order valence-corrected chi connectivity index (χ4v) is 5.16. The van der Waals surface area contributed by atoms with Crippen LogP contribution in [0.3, 0.4) is 0 Å². The summed E-state index contributed by atoms with van der Waals surface area (Å²) in [5, 5.41) is 18.6. The zero-order chi connectivity index (χ0) is 32.9. The maximum absolute atomic E-state index is 9.29. The summed E-state index contributed by atoms with van der Waals surface area (Å²) in [6.45, 7) is 7.31. The van der Waals surface area contributed by atoms with Gasteiger partial charge in [0.05, 0.1) is 17.7 Å². The molecule has 0 aliphatic heterocycles. The van der Waals surface area contributed by atoms with Crippen LogP contribution in [0.15, 0.2) is 128 Å². The first-order chi connectivity index (χ1) is 23.6. The van der Waals surface area contributed by atoms with Crippen molar-refractivity contribution < 1.29 is 0 Å². The number of pyridine rings is 3. The van der Waals surface area contributed by atoms with E-state index in [1.807, 2.05) is 72.8 Å². The summed E-state index contributed by atoms with van der Waals surface area (Å²) in [4.78, 5) is 30.7. The predicted molar refractivity (Wildman–Crippen MR) is 182 cm³/mol. The van der Waals surface area contributed by atoms with Gasteiger partial charge in [0.1, 0.15) is 12.1 Å². The molecule has 0 unspecified atom stereocenters. The second-order valence-corrected chi connectivity index (χ2v) is 10.7. The van der Waals surface area contributed by atoms with Gasteiger partial charge in [0.2, 0.25) is 5.69 Å². The Morgan fingerprint density at radius 1 is 0.417 bits per heavy atom. The van der Waals surface area contributed by atoms with Crippen molar-refractivity contribution in [2.24, 2.45) is 0 Å². The van der Waals surface area contributed by atoms with Crippen LogP contribution < -0.4 is 0 Å². The van der Waals surface area contributed by atoms with Crippen LogP contribution >= 0.6 is 0 Å². The molecule has 4 heterocycles. The van der Waals surface area contributed by atoms with Crippen molar-refractivity contribution in [1.29, 1.82) is 10.5 Å². The lowest BCUT2D eigenvalue weighted by atomic mass is 10.0. The van der Waals surface area contributed by atoms with Crippen LogP contribution in [0.2, 0.25) is 0 Å². The van der Waals surface area contributed by atoms with Crippen LogP contribution in [0, 0.1) is 29.2 Å². The highest BCUT2D eigenvalue weighted by Gasteiger charge is 2.14. The molecule has 0 spiro atoms. The van der Waals surface area contributed by atoms with E-state index >= 15 is 0 Å². The van der Waals surface area contributed by atoms with Crippen molar-refractivity contribution in [3.05, 3.63) is 151 Å². The number of hydrogen-bond donors (Lipinski definition) is 0. The van der Waals surface area contributed by atoms with E-state index in [1.165, 1.54) is 12.4 Å². The highest BCUT2D eigenvalue weighted by molar-refractivity contribution is 5.74. The third kappa shape index (κ3) is 6.09. The van der Waals surface area contributed by atoms with Crippen molar-refractivity contribution in [1.82, 2.24) is 29.9 Å². The van der Waals surface area contributed by atoms with Crippen molar-refractivity contribution in [2.45, 2.75) is 0 Å². The minimum Gasteiger partial charge on any atom is -0.276 e. The molecule has 0 bridgehead atoms. The van der Waals surface area contributed by atoms with E-state index < -0.39 is 0 Å². The molecule has 0 saturated heterocycles. The topological polar surface area (TPSA) is 129 Å². The third-order valence-electron chi connectivity index (χ3n) is 7.65. The van der Waals surface area contributed by atoms with E-state index in [4.69, 9.17) is 21.5 Å². The molecule has 0 radical (unpaired) electrons. The Kier molecular flexibility index (Phi) is 7.88. The smallest absolute Gasteiger partial charge is 0.205 e. The van der Waals surface area contributed by atoms with Crippen molar-refractivity contribution in [2.75, 3.05) is 0 Å². The predicted octanol–water partition coefficient (Wildman–Crippen LogP) is 8.35. The molecule has 9 heteroatoms. The van der Waals surface area contributed by atoms with Crippen molar-refractivity contribution in [3.63, 3.8) is 0 Å². The van der Waals surface area contributed by atoms with E-state index in [-0.39, 0.29) is 0 Å². The molecule has 7 aromatic rings. The van der Waals surface area contributed by atoms with E-state index in [2.05, 4.69) is 31.9 Å². The molecule has 4 aromatic heterocycles. The number of nitrogens with zero attached hydrogens (tertiary/aromatic N) is 9. The fourth-order valence-electron chi connectivity index (χ4n) is 5.16. The molecule has 222 valence electrons. The summed E-state index contributed by atoms with van der Waals surface area (Å²) in [6, 6.07) is 33.1. The molecular weight excluding hydrogens is 594 g/mol. The molecule has 0 saturated carbocycles. The Labute approximate surface area is 276 Å². The van der Waals surface area contributed by atoms with Gasteiger partial charge in [-0.3, -0.25) is 15.0 Å². The van der Waals surface area contributed by atoms with Crippen LogP contribution in [0.4, 0.5) is 5.69 Å². The molecule has 0 N–H and O–H groups in total. The van der Waals surface area contributed by atoms with Crippen LogP contribution in [0.25, 0.3) is 72.4 Å². The van der Waals surface area contributed by atoms with Gasteiger partial charge in [0, 0.05) is 65.0 Å². The molecule has 48 heavy (non-hydrogen) atoms. The number of hydrogen-bond acceptors (Lipinski definition) is 8. The number of aromatic nitrogens is 6. The van der Waals surface area contributed by atoms with E-state index in [0.29, 0.717) is 34.3 Å². The van der Waals surface area contributed by atoms with Gasteiger partial charge in [-0.1, -0.05) is 72.8 Å². The largest absolute Gasteiger partial charge is 0.276 e. The van der Waals surface area contributed by atoms with Crippen LogP contribution in [0.5, 0.6) is 0 Å². The second kappa shape index (κ2) is 12.9. The van der Waals surface area contributed by atoms with E-state index in [9.17, 15) is 10.5 Å². The second-order valence-electron chi connectivity index (χ2n) is 10.7. The number of rotatable bonds is 6. The minimum absolute atomic E-state index is 0.475. The Balaban J connectivity index is 1.28. The van der Waals surface area contributed by atoms with Crippen molar-refractivity contribution >= 4 is 5.69 Å². The molecule has 9 nitrogen and oxygen atoms in total. The Morgan fingerprint density at radius 2 is 0.750 bits per heavy atom. The SMILES string of the molecule is [C-]#[N+]c1cncc(-c2ccc(-c3nc(-c4ccc(-c5cncc(C#N)c5)cc4)nc(-c4ccc(-c5cncc(C#N)c5)cc4)n3)cc2)c1. The molecule has 3 aromatic carbocycles. The average Bonchev–Trinajstić information content (AvgIpc) is 3.18. The average molecular weight is 616 g/mol. The maximum atomic E-state index is 9.29. The summed E-state index contributed by atoms with van der Waals surface area (Å²) < 4.78 is 0. The van der Waals surface area contributed by atoms with Gasteiger partial charge >= 0.3 is 0 Å². The summed E-state index contributed by atoms with van der Waals surface area (Å²) in [5.41, 5.74) is 9.11. The summed E-state index contributed by atoms with van der Waals surface area (Å²) in [7, 11) is 0. The highest BCUT2D eigenvalue weighted by atomic mass is 15.0. The highest BCUT2D eigenvalue weighted by Crippen LogP contribution is 2.30. The van der Waals surface area contributed by atoms with Crippen LogP contribution in [0.1, 0.15) is 11.1 Å². The Morgan fingerprint density at radius 3 is 1.10 bits per heavy atom. The number of nitriles is 2. The third-order valence-corrected chi connectivity index (χ3v) is 7.65. The van der Waals surface area contributed by atoms with E-state index in [0.717, 1.165) is 50.1 Å². The van der Waals surface area contributed by atoms with Gasteiger partial charge in [-0.15, -0.1) is 0 Å². The molecule has 0 amide bonds. The quantitative estimate of drug-likeness (QED) is 0.171. The van der Waals surface area contributed by atoms with Gasteiger partial charge < -0.3 is 0 Å². The standard InChI is InChI=1S/C39H21N9/c1-42-36-16-35(23-45-24-36)29-6-12-32(13-7-29)39-47-37(30-8-2-27(3-9-30)33-14-25(17-40)19-43-21-33)46-38(48-39)31-10-4-28(5-11-31)34-15-26(18-41)20-44-22-34/h2-16,19-24H. The first-order valence-electron chi connectivity index (χ1n) is 14.7. The minimum atomic E-state index is 0.475. The lowest BCUT2D eigenvalue weighted by Gasteiger charge is -2.10. The lowest BCUT2D eigenvalue weighted by molar-refractivity contribution is 1.07. The van der Waals surface area contributed by atoms with Crippen LogP contribution in [-0.4, -0.2) is 29.9 Å². The molecule has 0 aliphatic rings. The Hall–Kier alpha value is -7.41. The first-order valence-corrected chi connectivity index (χ1v) is 14.7. The molecule has 0 aliphatic carbocycles. The van der Waals surface area contributed by atoms with Crippen molar-refractivity contribution in [3.8, 4) is 79.7 Å². The molecule has 0 fully saturated rings. The lowest BCUT2D eigenvalue weighted by Crippen LogP contribution is -2.00. The molecule has 7 rings (SSSR count). The van der Waals surface area contributed by atoms with Gasteiger partial charge in [0.15, 0.2) is 17.5 Å². The summed E-state index contributed by atoms with van der Waals surface area (Å²) >= 11 is 0.